The number of fused-ring (bicyclic) bond motifs is 1. The first-order valence-electron chi connectivity index (χ1n) is 10.00. The number of rotatable bonds is 8. The maximum absolute atomic E-state index is 13.0. The lowest BCUT2D eigenvalue weighted by molar-refractivity contribution is -0.113. The second kappa shape index (κ2) is 9.82. The van der Waals surface area contributed by atoms with E-state index >= 15 is 0 Å². The van der Waals surface area contributed by atoms with E-state index in [-0.39, 0.29) is 22.8 Å². The number of ether oxygens (including phenoxy) is 1. The van der Waals surface area contributed by atoms with Crippen molar-refractivity contribution < 1.29 is 14.3 Å². The zero-order valence-electron chi connectivity index (χ0n) is 18.0. The fourth-order valence-corrected chi connectivity index (χ4v) is 3.93. The molecule has 0 bridgehead atoms. The number of aromatic amines is 1. The van der Waals surface area contributed by atoms with Crippen molar-refractivity contribution in [3.8, 4) is 0 Å². The van der Waals surface area contributed by atoms with Crippen LogP contribution in [0.4, 0.5) is 5.69 Å². The molecule has 2 heterocycles. The van der Waals surface area contributed by atoms with Crippen LogP contribution in [0.2, 0.25) is 0 Å². The third-order valence-corrected chi connectivity index (χ3v) is 5.68. The first kappa shape index (κ1) is 22.6. The highest BCUT2D eigenvalue weighted by atomic mass is 32.2. The van der Waals surface area contributed by atoms with Crippen molar-refractivity contribution in [3.63, 3.8) is 0 Å². The Kier molecular flexibility index (Phi) is 7.17. The van der Waals surface area contributed by atoms with Crippen LogP contribution in [0.25, 0.3) is 11.0 Å². The Morgan fingerprint density at radius 2 is 2.03 bits per heavy atom. The molecule has 0 fully saturated rings. The Labute approximate surface area is 184 Å². The van der Waals surface area contributed by atoms with Crippen LogP contribution in [0.1, 0.15) is 36.3 Å². The third kappa shape index (κ3) is 5.35. The van der Waals surface area contributed by atoms with E-state index in [1.807, 2.05) is 13.0 Å². The van der Waals surface area contributed by atoms with E-state index in [0.29, 0.717) is 34.3 Å². The minimum atomic E-state index is -0.527. The van der Waals surface area contributed by atoms with Crippen LogP contribution in [-0.4, -0.2) is 39.3 Å². The number of aryl methyl sites for hydroxylation is 1. The molecule has 0 aliphatic rings. The number of hydrogen-bond acceptors (Lipinski definition) is 6. The number of H-pyrrole nitrogens is 1. The Morgan fingerprint density at radius 1 is 1.29 bits per heavy atom. The van der Waals surface area contributed by atoms with Crippen LogP contribution in [-0.2, 0) is 16.1 Å². The molecule has 31 heavy (non-hydrogen) atoms. The molecule has 3 aromatic rings. The molecule has 0 aliphatic carbocycles. The number of esters is 1. The number of thioether (sulfide) groups is 1. The van der Waals surface area contributed by atoms with Crippen molar-refractivity contribution in [3.05, 3.63) is 51.9 Å². The number of amides is 1. The zero-order valence-corrected chi connectivity index (χ0v) is 18.8. The number of carbonyl (C=O) groups excluding carboxylic acids is 2. The quantitative estimate of drug-likeness (QED) is 0.314. The van der Waals surface area contributed by atoms with Crippen molar-refractivity contribution in [2.45, 2.75) is 38.9 Å². The van der Waals surface area contributed by atoms with Gasteiger partial charge in [-0.3, -0.25) is 14.2 Å². The van der Waals surface area contributed by atoms with Crippen LogP contribution in [0.3, 0.4) is 0 Å². The molecule has 2 N–H and O–H groups in total. The standard InChI is InChI=1S/C22H26N4O4S/c1-13(2)9-10-26-20(28)19-17(11-14(3)23-19)25-22(26)31-12-18(27)24-16-8-6-5-7-15(16)21(29)30-4/h5-8,11,13,23H,9-10,12H2,1-4H3,(H,24,27). The summed E-state index contributed by atoms with van der Waals surface area (Å²) in [7, 11) is 1.29. The van der Waals surface area contributed by atoms with Crippen LogP contribution in [0.15, 0.2) is 40.3 Å². The molecule has 0 saturated carbocycles. The minimum Gasteiger partial charge on any atom is -0.465 e. The molecule has 9 heteroatoms. The highest BCUT2D eigenvalue weighted by Gasteiger charge is 2.17. The summed E-state index contributed by atoms with van der Waals surface area (Å²) < 4.78 is 6.38. The minimum absolute atomic E-state index is 0.0402. The van der Waals surface area contributed by atoms with Crippen molar-refractivity contribution in [2.24, 2.45) is 5.92 Å². The lowest BCUT2D eigenvalue weighted by Crippen LogP contribution is -2.25. The van der Waals surface area contributed by atoms with Gasteiger partial charge in [-0.2, -0.15) is 0 Å². The maximum atomic E-state index is 13.0. The van der Waals surface area contributed by atoms with E-state index in [0.717, 1.165) is 12.1 Å². The molecule has 0 aliphatic heterocycles. The van der Waals surface area contributed by atoms with Crippen molar-refractivity contribution in [1.82, 2.24) is 14.5 Å². The molecule has 8 nitrogen and oxygen atoms in total. The Hall–Kier alpha value is -3.07. The second-order valence-electron chi connectivity index (χ2n) is 7.62. The van der Waals surface area contributed by atoms with Gasteiger partial charge in [-0.15, -0.1) is 0 Å². The summed E-state index contributed by atoms with van der Waals surface area (Å²) in [6.07, 6.45) is 0.818. The van der Waals surface area contributed by atoms with Crippen LogP contribution in [0.5, 0.6) is 0 Å². The number of anilines is 1. The van der Waals surface area contributed by atoms with Gasteiger partial charge in [0.15, 0.2) is 5.16 Å². The predicted molar refractivity (Wildman–Crippen MR) is 122 cm³/mol. The number of carbonyl (C=O) groups is 2. The number of nitrogens with one attached hydrogen (secondary N) is 2. The normalized spacial score (nSPS) is 11.1. The molecule has 3 rings (SSSR count). The zero-order chi connectivity index (χ0) is 22.5. The van der Waals surface area contributed by atoms with E-state index in [4.69, 9.17) is 4.74 Å². The van der Waals surface area contributed by atoms with Gasteiger partial charge in [-0.25, -0.2) is 9.78 Å². The Balaban J connectivity index is 1.81. The van der Waals surface area contributed by atoms with Crippen molar-refractivity contribution in [2.75, 3.05) is 18.2 Å². The topological polar surface area (TPSA) is 106 Å². The number of benzene rings is 1. The summed E-state index contributed by atoms with van der Waals surface area (Å²) in [5, 5.41) is 3.23. The number of para-hydroxylation sites is 1. The second-order valence-corrected chi connectivity index (χ2v) is 8.56. The number of nitrogens with zero attached hydrogens (tertiary/aromatic N) is 2. The predicted octanol–water partition coefficient (Wildman–Crippen LogP) is 3.60. The highest BCUT2D eigenvalue weighted by Crippen LogP contribution is 2.21. The van der Waals surface area contributed by atoms with Crippen molar-refractivity contribution in [1.29, 1.82) is 0 Å². The molecular formula is C22H26N4O4S. The lowest BCUT2D eigenvalue weighted by atomic mass is 10.1. The molecule has 2 aromatic heterocycles. The van der Waals surface area contributed by atoms with Gasteiger partial charge in [0.05, 0.1) is 29.6 Å². The van der Waals surface area contributed by atoms with E-state index in [9.17, 15) is 14.4 Å². The molecule has 0 spiro atoms. The number of methoxy groups -OCH3 is 1. The van der Waals surface area contributed by atoms with E-state index < -0.39 is 5.97 Å². The van der Waals surface area contributed by atoms with Gasteiger partial charge in [0.2, 0.25) is 5.91 Å². The van der Waals surface area contributed by atoms with Crippen LogP contribution >= 0.6 is 11.8 Å². The van der Waals surface area contributed by atoms with E-state index in [2.05, 4.69) is 29.1 Å². The van der Waals surface area contributed by atoms with Gasteiger partial charge >= 0.3 is 5.97 Å². The van der Waals surface area contributed by atoms with E-state index in [1.54, 1.807) is 28.8 Å². The largest absolute Gasteiger partial charge is 0.465 e. The molecule has 0 saturated heterocycles. The molecule has 0 unspecified atom stereocenters. The summed E-state index contributed by atoms with van der Waals surface area (Å²) in [5.74, 6) is -0.375. The van der Waals surface area contributed by atoms with Gasteiger partial charge in [-0.1, -0.05) is 37.7 Å². The number of aromatic nitrogens is 3. The molecule has 1 aromatic carbocycles. The average molecular weight is 443 g/mol. The molecule has 164 valence electrons. The molecule has 0 atom stereocenters. The third-order valence-electron chi connectivity index (χ3n) is 4.71. The number of hydrogen-bond donors (Lipinski definition) is 2. The fraction of sp³-hybridized carbons (Fsp3) is 0.364. The van der Waals surface area contributed by atoms with Crippen LogP contribution < -0.4 is 10.9 Å². The fourth-order valence-electron chi connectivity index (χ4n) is 3.10. The van der Waals surface area contributed by atoms with Gasteiger partial charge in [0.1, 0.15) is 5.52 Å². The monoisotopic (exact) mass is 442 g/mol. The Morgan fingerprint density at radius 3 is 2.74 bits per heavy atom. The average Bonchev–Trinajstić information content (AvgIpc) is 3.12. The smallest absolute Gasteiger partial charge is 0.339 e. The molecular weight excluding hydrogens is 416 g/mol. The first-order chi connectivity index (χ1) is 14.8. The first-order valence-corrected chi connectivity index (χ1v) is 11.0. The molecule has 1 amide bonds. The van der Waals surface area contributed by atoms with Crippen molar-refractivity contribution >= 4 is 40.4 Å². The lowest BCUT2D eigenvalue weighted by Gasteiger charge is -2.13. The van der Waals surface area contributed by atoms with E-state index in [1.165, 1.54) is 18.9 Å². The molecule has 0 radical (unpaired) electrons. The summed E-state index contributed by atoms with van der Waals surface area (Å²) >= 11 is 1.19. The maximum Gasteiger partial charge on any atom is 0.339 e. The van der Waals surface area contributed by atoms with Gasteiger partial charge in [-0.05, 0) is 37.5 Å². The van der Waals surface area contributed by atoms with Gasteiger partial charge in [0.25, 0.3) is 5.56 Å². The van der Waals surface area contributed by atoms with Gasteiger partial charge in [0, 0.05) is 12.2 Å². The SMILES string of the molecule is COC(=O)c1ccccc1NC(=O)CSc1nc2cc(C)[nH]c2c(=O)n1CCC(C)C. The van der Waals surface area contributed by atoms with Crippen LogP contribution in [0, 0.1) is 12.8 Å². The Bertz CT molecular complexity index is 1170. The summed E-state index contributed by atoms with van der Waals surface area (Å²) in [6, 6.07) is 8.47. The highest BCUT2D eigenvalue weighted by molar-refractivity contribution is 7.99. The summed E-state index contributed by atoms with van der Waals surface area (Å²) in [4.78, 5) is 45.2. The summed E-state index contributed by atoms with van der Waals surface area (Å²) in [6.45, 7) is 6.58. The summed E-state index contributed by atoms with van der Waals surface area (Å²) in [5.41, 5.74) is 2.43. The van der Waals surface area contributed by atoms with Gasteiger partial charge < -0.3 is 15.0 Å².